The van der Waals surface area contributed by atoms with E-state index in [9.17, 15) is 22.8 Å². The van der Waals surface area contributed by atoms with Gasteiger partial charge in [-0.05, 0) is 37.3 Å². The Bertz CT molecular complexity index is 866. The number of hydrogen-bond acceptors (Lipinski definition) is 3. The van der Waals surface area contributed by atoms with Gasteiger partial charge in [-0.3, -0.25) is 9.59 Å². The van der Waals surface area contributed by atoms with Crippen LogP contribution in [0.3, 0.4) is 0 Å². The van der Waals surface area contributed by atoms with Crippen molar-refractivity contribution >= 4 is 17.5 Å². The minimum atomic E-state index is -4.46. The molecule has 0 bridgehead atoms. The van der Waals surface area contributed by atoms with Gasteiger partial charge in [-0.25, -0.2) is 4.90 Å². The van der Waals surface area contributed by atoms with Crippen molar-refractivity contribution in [2.24, 2.45) is 0 Å². The largest absolute Gasteiger partial charge is 0.494 e. The summed E-state index contributed by atoms with van der Waals surface area (Å²) in [6.07, 6.45) is -4.52. The maximum Gasteiger partial charge on any atom is 0.416 e. The molecule has 28 heavy (non-hydrogen) atoms. The highest BCUT2D eigenvalue weighted by atomic mass is 19.4. The van der Waals surface area contributed by atoms with Gasteiger partial charge in [-0.1, -0.05) is 18.2 Å². The molecule has 1 atom stereocenters. The zero-order chi connectivity index (χ0) is 20.3. The van der Waals surface area contributed by atoms with Crippen LogP contribution in [0.1, 0.15) is 24.5 Å². The minimum Gasteiger partial charge on any atom is -0.494 e. The number of quaternary nitrogens is 1. The number of amides is 2. The van der Waals surface area contributed by atoms with E-state index in [0.29, 0.717) is 18.0 Å². The van der Waals surface area contributed by atoms with Crippen molar-refractivity contribution in [3.63, 3.8) is 0 Å². The maximum absolute atomic E-state index is 13.1. The summed E-state index contributed by atoms with van der Waals surface area (Å²) in [5.74, 6) is -0.185. The number of nitrogens with two attached hydrogens (primary N) is 1. The van der Waals surface area contributed by atoms with E-state index in [1.807, 2.05) is 6.92 Å². The number of alkyl halides is 3. The smallest absolute Gasteiger partial charge is 0.416 e. The first-order valence-corrected chi connectivity index (χ1v) is 8.89. The zero-order valence-corrected chi connectivity index (χ0v) is 15.2. The molecule has 0 unspecified atom stereocenters. The molecule has 2 N–H and O–H groups in total. The van der Waals surface area contributed by atoms with Crippen molar-refractivity contribution < 1.29 is 32.8 Å². The summed E-state index contributed by atoms with van der Waals surface area (Å²) >= 11 is 0. The molecule has 148 valence electrons. The van der Waals surface area contributed by atoms with Gasteiger partial charge in [0.15, 0.2) is 6.04 Å². The molecule has 0 radical (unpaired) electrons. The van der Waals surface area contributed by atoms with Crippen molar-refractivity contribution in [1.29, 1.82) is 0 Å². The van der Waals surface area contributed by atoms with E-state index in [1.165, 1.54) is 23.5 Å². The third-order valence-electron chi connectivity index (χ3n) is 4.53. The molecule has 0 aromatic heterocycles. The lowest BCUT2D eigenvalue weighted by Gasteiger charge is -2.15. The van der Waals surface area contributed by atoms with Crippen LogP contribution in [0.2, 0.25) is 0 Å². The quantitative estimate of drug-likeness (QED) is 0.767. The van der Waals surface area contributed by atoms with E-state index in [-0.39, 0.29) is 24.4 Å². The molecule has 2 aromatic rings. The molecular formula is C20H20F3N2O3+. The van der Waals surface area contributed by atoms with Gasteiger partial charge in [0.1, 0.15) is 12.3 Å². The number of rotatable bonds is 6. The van der Waals surface area contributed by atoms with Crippen molar-refractivity contribution in [3.8, 4) is 5.75 Å². The van der Waals surface area contributed by atoms with Gasteiger partial charge in [0.05, 0.1) is 24.3 Å². The van der Waals surface area contributed by atoms with Crippen molar-refractivity contribution in [3.05, 3.63) is 59.7 Å². The lowest BCUT2D eigenvalue weighted by molar-refractivity contribution is -0.690. The van der Waals surface area contributed by atoms with Gasteiger partial charge in [0, 0.05) is 5.56 Å². The Labute approximate surface area is 160 Å². The van der Waals surface area contributed by atoms with Crippen LogP contribution < -0.4 is 15.0 Å². The molecule has 0 aliphatic carbocycles. The van der Waals surface area contributed by atoms with Gasteiger partial charge in [0.2, 0.25) is 5.91 Å². The van der Waals surface area contributed by atoms with Gasteiger partial charge >= 0.3 is 6.18 Å². The third-order valence-corrected chi connectivity index (χ3v) is 4.53. The molecule has 1 heterocycles. The summed E-state index contributed by atoms with van der Waals surface area (Å²) in [4.78, 5) is 26.0. The molecule has 3 rings (SSSR count). The monoisotopic (exact) mass is 393 g/mol. The van der Waals surface area contributed by atoms with Crippen molar-refractivity contribution in [1.82, 2.24) is 0 Å². The molecule has 0 spiro atoms. The Hall–Kier alpha value is -2.87. The van der Waals surface area contributed by atoms with E-state index in [4.69, 9.17) is 4.74 Å². The van der Waals surface area contributed by atoms with Crippen LogP contribution in [0, 0.1) is 0 Å². The van der Waals surface area contributed by atoms with Crippen LogP contribution in [0.25, 0.3) is 0 Å². The predicted octanol–water partition coefficient (Wildman–Crippen LogP) is 2.50. The molecular weight excluding hydrogens is 373 g/mol. The number of carbonyl (C=O) groups is 2. The number of ether oxygens (including phenoxy) is 1. The van der Waals surface area contributed by atoms with Crippen LogP contribution >= 0.6 is 0 Å². The summed E-state index contributed by atoms with van der Waals surface area (Å²) in [5, 5.41) is 1.49. The van der Waals surface area contributed by atoms with Crippen LogP contribution in [0.15, 0.2) is 48.5 Å². The van der Waals surface area contributed by atoms with E-state index in [1.54, 1.807) is 24.3 Å². The van der Waals surface area contributed by atoms with E-state index < -0.39 is 23.7 Å². The summed E-state index contributed by atoms with van der Waals surface area (Å²) in [7, 11) is 0. The fourth-order valence-corrected chi connectivity index (χ4v) is 3.21. The highest BCUT2D eigenvalue weighted by Crippen LogP contribution is 2.31. The number of nitrogens with zero attached hydrogens (tertiary/aromatic N) is 1. The van der Waals surface area contributed by atoms with E-state index in [2.05, 4.69) is 0 Å². The standard InChI is InChI=1S/C20H19F3N2O3/c1-2-28-15-9-7-14(8-10-15)25-18(26)11-17(19(25)27)24-12-13-5-3-4-6-16(13)20(21,22)23/h3-10,17,24H,2,11-12H2,1H3/p+1/t17-/m1/s1. The normalized spacial score (nSPS) is 17.3. The number of benzene rings is 2. The predicted molar refractivity (Wildman–Crippen MR) is 95.6 cm³/mol. The highest BCUT2D eigenvalue weighted by molar-refractivity contribution is 6.21. The molecule has 1 fully saturated rings. The Kier molecular flexibility index (Phi) is 5.69. The number of imide groups is 1. The first-order valence-electron chi connectivity index (χ1n) is 8.89. The second kappa shape index (κ2) is 8.02. The van der Waals surface area contributed by atoms with Gasteiger partial charge in [-0.15, -0.1) is 0 Å². The van der Waals surface area contributed by atoms with E-state index >= 15 is 0 Å². The topological polar surface area (TPSA) is 63.2 Å². The van der Waals surface area contributed by atoms with Crippen LogP contribution in [-0.2, 0) is 22.3 Å². The molecule has 5 nitrogen and oxygen atoms in total. The molecule has 2 aromatic carbocycles. The Morgan fingerprint density at radius 3 is 2.43 bits per heavy atom. The minimum absolute atomic E-state index is 0.0452. The number of halogens is 3. The summed E-state index contributed by atoms with van der Waals surface area (Å²) < 4.78 is 44.7. The van der Waals surface area contributed by atoms with Crippen molar-refractivity contribution in [2.75, 3.05) is 11.5 Å². The lowest BCUT2D eigenvalue weighted by atomic mass is 10.1. The molecule has 1 aliphatic rings. The third kappa shape index (κ3) is 4.17. The summed E-state index contributed by atoms with van der Waals surface area (Å²) in [6, 6.07) is 11.0. The fraction of sp³-hybridized carbons (Fsp3) is 0.300. The first-order chi connectivity index (χ1) is 13.3. The summed E-state index contributed by atoms with van der Waals surface area (Å²) in [5.41, 5.74) is -0.230. The molecule has 8 heteroatoms. The maximum atomic E-state index is 13.1. The van der Waals surface area contributed by atoms with Crippen molar-refractivity contribution in [2.45, 2.75) is 32.1 Å². The molecule has 2 amide bonds. The highest BCUT2D eigenvalue weighted by Gasteiger charge is 2.42. The van der Waals surface area contributed by atoms with Crippen LogP contribution in [0.5, 0.6) is 5.75 Å². The lowest BCUT2D eigenvalue weighted by Crippen LogP contribution is -2.90. The van der Waals surface area contributed by atoms with Crippen LogP contribution in [0.4, 0.5) is 18.9 Å². The van der Waals surface area contributed by atoms with E-state index in [0.717, 1.165) is 11.0 Å². The Morgan fingerprint density at radius 1 is 1.11 bits per heavy atom. The Balaban J connectivity index is 1.71. The zero-order valence-electron chi connectivity index (χ0n) is 15.2. The molecule has 0 saturated carbocycles. The molecule has 1 aliphatic heterocycles. The average Bonchev–Trinajstić information content (AvgIpc) is 2.94. The second-order valence-electron chi connectivity index (χ2n) is 6.40. The molecule has 1 saturated heterocycles. The van der Waals surface area contributed by atoms with Gasteiger partial charge in [0.25, 0.3) is 5.91 Å². The first kappa shape index (κ1) is 19.9. The number of hydrogen-bond donors (Lipinski definition) is 1. The number of anilines is 1. The summed E-state index contributed by atoms with van der Waals surface area (Å²) in [6.45, 7) is 2.30. The fourth-order valence-electron chi connectivity index (χ4n) is 3.21. The van der Waals surface area contributed by atoms with Crippen LogP contribution in [-0.4, -0.2) is 24.5 Å². The Morgan fingerprint density at radius 2 is 1.79 bits per heavy atom. The second-order valence-corrected chi connectivity index (χ2v) is 6.40. The average molecular weight is 393 g/mol. The van der Waals surface area contributed by atoms with Gasteiger partial charge in [-0.2, -0.15) is 13.2 Å². The van der Waals surface area contributed by atoms with Gasteiger partial charge < -0.3 is 10.1 Å². The number of carbonyl (C=O) groups excluding carboxylic acids is 2. The SMILES string of the molecule is CCOc1ccc(N2C(=O)C[C@@H]([NH2+]Cc3ccccc3C(F)(F)F)C2=O)cc1.